The number of nitrogens with zero attached hydrogens (tertiary/aromatic N) is 3. The van der Waals surface area contributed by atoms with E-state index >= 15 is 0 Å². The van der Waals surface area contributed by atoms with Crippen LogP contribution in [-0.2, 0) is 17.6 Å². The summed E-state index contributed by atoms with van der Waals surface area (Å²) >= 11 is 0. The van der Waals surface area contributed by atoms with Gasteiger partial charge in [-0.1, -0.05) is 6.42 Å². The van der Waals surface area contributed by atoms with Crippen LogP contribution in [0.1, 0.15) is 54.6 Å². The van der Waals surface area contributed by atoms with E-state index in [0.29, 0.717) is 24.7 Å². The molecule has 5 heteroatoms. The first-order chi connectivity index (χ1) is 13.3. The van der Waals surface area contributed by atoms with Gasteiger partial charge in [-0.25, -0.2) is 4.98 Å². The second kappa shape index (κ2) is 8.06. The summed E-state index contributed by atoms with van der Waals surface area (Å²) in [7, 11) is 0. The second-order valence-electron chi connectivity index (χ2n) is 7.38. The third-order valence-corrected chi connectivity index (χ3v) is 5.43. The van der Waals surface area contributed by atoms with Crippen molar-refractivity contribution in [2.24, 2.45) is 0 Å². The van der Waals surface area contributed by atoms with Crippen LogP contribution < -0.4 is 4.74 Å². The first-order valence-electron chi connectivity index (χ1n) is 9.89. The summed E-state index contributed by atoms with van der Waals surface area (Å²) in [5.74, 6) is 0.495. The fraction of sp³-hybridized carbons (Fsp3) is 0.500. The molecule has 0 saturated carbocycles. The van der Waals surface area contributed by atoms with Crippen molar-refractivity contribution >= 4 is 0 Å². The van der Waals surface area contributed by atoms with Gasteiger partial charge in [-0.2, -0.15) is 5.26 Å². The van der Waals surface area contributed by atoms with Crippen molar-refractivity contribution < 1.29 is 9.47 Å². The summed E-state index contributed by atoms with van der Waals surface area (Å²) in [5, 5.41) is 10.0. The quantitative estimate of drug-likeness (QED) is 0.766. The predicted molar refractivity (Wildman–Crippen MR) is 103 cm³/mol. The number of pyridine rings is 2. The molecule has 5 nitrogen and oxygen atoms in total. The largest absolute Gasteiger partial charge is 0.473 e. The van der Waals surface area contributed by atoms with Crippen molar-refractivity contribution in [3.8, 4) is 23.1 Å². The maximum Gasteiger partial charge on any atom is 0.232 e. The molecule has 0 spiro atoms. The van der Waals surface area contributed by atoms with Gasteiger partial charge in [-0.15, -0.1) is 0 Å². The van der Waals surface area contributed by atoms with E-state index in [1.165, 1.54) is 12.0 Å². The van der Waals surface area contributed by atoms with Gasteiger partial charge in [0.15, 0.2) is 0 Å². The highest BCUT2D eigenvalue weighted by Crippen LogP contribution is 2.37. The molecular weight excluding hydrogens is 338 g/mol. The Hall–Kier alpha value is -2.45. The van der Waals surface area contributed by atoms with Crippen LogP contribution in [0.25, 0.3) is 11.1 Å². The zero-order valence-electron chi connectivity index (χ0n) is 15.8. The van der Waals surface area contributed by atoms with Crippen molar-refractivity contribution in [3.05, 3.63) is 40.8 Å². The SMILES string of the molecule is Cc1cc(-c2c(C#N)c(OC3CCOCC3)nc3c2CCCCC3)ccn1. The van der Waals surface area contributed by atoms with Gasteiger partial charge >= 0.3 is 0 Å². The first-order valence-corrected chi connectivity index (χ1v) is 9.89. The third-order valence-electron chi connectivity index (χ3n) is 5.43. The van der Waals surface area contributed by atoms with Crippen LogP contribution in [0.4, 0.5) is 0 Å². The molecule has 0 amide bonds. The second-order valence-corrected chi connectivity index (χ2v) is 7.38. The molecule has 1 aliphatic carbocycles. The van der Waals surface area contributed by atoms with Crippen LogP contribution in [0, 0.1) is 18.3 Å². The Morgan fingerprint density at radius 3 is 2.78 bits per heavy atom. The van der Waals surface area contributed by atoms with Crippen LogP contribution in [0.5, 0.6) is 5.88 Å². The summed E-state index contributed by atoms with van der Waals surface area (Å²) in [4.78, 5) is 9.17. The standard InChI is InChI=1S/C22H25N3O2/c1-15-13-16(7-10-24-15)21-18-5-3-2-4-6-20(18)25-22(19(21)14-23)27-17-8-11-26-12-9-17/h7,10,13,17H,2-6,8-9,11-12H2,1H3. The molecule has 0 aromatic carbocycles. The predicted octanol–water partition coefficient (Wildman–Crippen LogP) is 4.15. The highest BCUT2D eigenvalue weighted by Gasteiger charge is 2.25. The van der Waals surface area contributed by atoms with E-state index in [-0.39, 0.29) is 6.10 Å². The molecular formula is C22H25N3O2. The molecule has 1 aliphatic heterocycles. The Morgan fingerprint density at radius 2 is 2.00 bits per heavy atom. The van der Waals surface area contributed by atoms with Crippen LogP contribution in [0.15, 0.2) is 18.3 Å². The van der Waals surface area contributed by atoms with Gasteiger partial charge in [-0.05, 0) is 55.9 Å². The molecule has 2 aromatic heterocycles. The number of rotatable bonds is 3. The number of hydrogen-bond donors (Lipinski definition) is 0. The minimum absolute atomic E-state index is 0.0641. The summed E-state index contributed by atoms with van der Waals surface area (Å²) in [5.41, 5.74) is 5.86. The van der Waals surface area contributed by atoms with Crippen molar-refractivity contribution in [1.82, 2.24) is 9.97 Å². The summed E-state index contributed by atoms with van der Waals surface area (Å²) in [6.45, 7) is 3.39. The van der Waals surface area contributed by atoms with Gasteiger partial charge < -0.3 is 9.47 Å². The average Bonchev–Trinajstić information content (AvgIpc) is 2.93. The Bertz CT molecular complexity index is 867. The van der Waals surface area contributed by atoms with Gasteiger partial charge in [0.1, 0.15) is 17.7 Å². The molecule has 4 rings (SSSR count). The van der Waals surface area contributed by atoms with Crippen molar-refractivity contribution in [2.45, 2.75) is 58.0 Å². The van der Waals surface area contributed by atoms with E-state index in [2.05, 4.69) is 17.1 Å². The Morgan fingerprint density at radius 1 is 1.19 bits per heavy atom. The van der Waals surface area contributed by atoms with E-state index in [4.69, 9.17) is 14.5 Å². The molecule has 0 unspecified atom stereocenters. The Labute approximate surface area is 160 Å². The highest BCUT2D eigenvalue weighted by molar-refractivity contribution is 5.77. The van der Waals surface area contributed by atoms with E-state index in [9.17, 15) is 5.26 Å². The number of fused-ring (bicyclic) bond motifs is 1. The Balaban J connectivity index is 1.86. The number of nitriles is 1. The summed E-state index contributed by atoms with van der Waals surface area (Å²) in [6, 6.07) is 6.45. The maximum absolute atomic E-state index is 10.0. The molecule has 27 heavy (non-hydrogen) atoms. The highest BCUT2D eigenvalue weighted by atomic mass is 16.5. The van der Waals surface area contributed by atoms with Gasteiger partial charge in [0.25, 0.3) is 0 Å². The number of aromatic nitrogens is 2. The topological polar surface area (TPSA) is 68.0 Å². The average molecular weight is 363 g/mol. The zero-order valence-corrected chi connectivity index (χ0v) is 15.8. The lowest BCUT2D eigenvalue weighted by Gasteiger charge is -2.25. The smallest absolute Gasteiger partial charge is 0.232 e. The maximum atomic E-state index is 10.0. The third kappa shape index (κ3) is 3.81. The summed E-state index contributed by atoms with van der Waals surface area (Å²) < 4.78 is 11.7. The van der Waals surface area contributed by atoms with Crippen molar-refractivity contribution in [2.75, 3.05) is 13.2 Å². The lowest BCUT2D eigenvalue weighted by atomic mass is 9.92. The lowest BCUT2D eigenvalue weighted by molar-refractivity contribution is 0.0235. The van der Waals surface area contributed by atoms with E-state index < -0.39 is 0 Å². The lowest BCUT2D eigenvalue weighted by Crippen LogP contribution is -2.27. The first kappa shape index (κ1) is 17.9. The van der Waals surface area contributed by atoms with Crippen LogP contribution in [-0.4, -0.2) is 29.3 Å². The molecule has 0 N–H and O–H groups in total. The van der Waals surface area contributed by atoms with Gasteiger partial charge in [-0.3, -0.25) is 4.98 Å². The number of ether oxygens (including phenoxy) is 2. The molecule has 2 aliphatic rings. The summed E-state index contributed by atoms with van der Waals surface area (Å²) in [6.07, 6.45) is 8.94. The van der Waals surface area contributed by atoms with Gasteiger partial charge in [0.05, 0.1) is 13.2 Å². The minimum Gasteiger partial charge on any atom is -0.473 e. The van der Waals surface area contributed by atoms with Crippen molar-refractivity contribution in [3.63, 3.8) is 0 Å². The molecule has 0 atom stereocenters. The molecule has 140 valence electrons. The van der Waals surface area contributed by atoms with E-state index in [1.807, 2.05) is 19.2 Å². The molecule has 1 saturated heterocycles. The van der Waals surface area contributed by atoms with Crippen molar-refractivity contribution in [1.29, 1.82) is 5.26 Å². The fourth-order valence-electron chi connectivity index (χ4n) is 4.06. The van der Waals surface area contributed by atoms with Gasteiger partial charge in [0.2, 0.25) is 5.88 Å². The normalized spacial score (nSPS) is 17.6. The zero-order chi connectivity index (χ0) is 18.6. The number of aryl methyl sites for hydroxylation is 2. The monoisotopic (exact) mass is 363 g/mol. The molecule has 2 aromatic rings. The molecule has 3 heterocycles. The molecule has 1 fully saturated rings. The van der Waals surface area contributed by atoms with Crippen LogP contribution >= 0.6 is 0 Å². The molecule has 0 radical (unpaired) electrons. The van der Waals surface area contributed by atoms with E-state index in [1.54, 1.807) is 0 Å². The number of hydrogen-bond acceptors (Lipinski definition) is 5. The Kier molecular flexibility index (Phi) is 5.35. The van der Waals surface area contributed by atoms with E-state index in [0.717, 1.165) is 61.0 Å². The fourth-order valence-corrected chi connectivity index (χ4v) is 4.06. The van der Waals surface area contributed by atoms with Crippen LogP contribution in [0.2, 0.25) is 0 Å². The van der Waals surface area contributed by atoms with Gasteiger partial charge in [0, 0.05) is 36.0 Å². The molecule has 0 bridgehead atoms. The minimum atomic E-state index is 0.0641. The van der Waals surface area contributed by atoms with Crippen LogP contribution in [0.3, 0.4) is 0 Å².